The quantitative estimate of drug-likeness (QED) is 0.134. The molecule has 0 saturated carbocycles. The number of rotatable bonds is 9. The molecular formula is C76H55BN4SSe. The maximum absolute atomic E-state index is 2.67. The van der Waals surface area contributed by atoms with Crippen LogP contribution in [-0.2, 0) is 5.41 Å². The predicted octanol–water partition coefficient (Wildman–Crippen LogP) is 17.3. The zero-order valence-corrected chi connectivity index (χ0v) is 48.8. The third-order valence-electron chi connectivity index (χ3n) is 16.9. The van der Waals surface area contributed by atoms with Gasteiger partial charge in [0, 0.05) is 0 Å². The summed E-state index contributed by atoms with van der Waals surface area (Å²) >= 11 is 1.82. The van der Waals surface area contributed by atoms with Crippen molar-refractivity contribution in [2.45, 2.75) is 26.2 Å². The van der Waals surface area contributed by atoms with Crippen molar-refractivity contribution in [2.75, 3.05) is 14.7 Å². The van der Waals surface area contributed by atoms with E-state index in [9.17, 15) is 0 Å². The number of thiophene rings is 1. The van der Waals surface area contributed by atoms with Gasteiger partial charge in [-0.05, 0) is 0 Å². The molecule has 83 heavy (non-hydrogen) atoms. The Balaban J connectivity index is 1.05. The first kappa shape index (κ1) is 49.5. The van der Waals surface area contributed by atoms with E-state index in [1.807, 2.05) is 11.3 Å². The SMILES string of the molecule is CC(C)(C)c1ccc(N2c3cc(N(c4ccccc4)c4ccccc4)ccc3B3c4c(cc(-n5c6ccccc6c6ccccc65)cc42)[Se]c2cc(N(c4ccccc4)c4ccccc4)c4c(sc5ccccc54)c23)c(-c2ccccc2)c1. The van der Waals surface area contributed by atoms with Crippen LogP contribution in [0.15, 0.2) is 279 Å². The Morgan fingerprint density at radius 2 is 0.952 bits per heavy atom. The van der Waals surface area contributed by atoms with Crippen molar-refractivity contribution in [1.82, 2.24) is 4.57 Å². The van der Waals surface area contributed by atoms with Gasteiger partial charge < -0.3 is 0 Å². The molecule has 14 aromatic rings. The van der Waals surface area contributed by atoms with Crippen LogP contribution in [0.25, 0.3) is 58.8 Å². The molecule has 4 heterocycles. The second-order valence-corrected chi connectivity index (χ2v) is 26.2. The standard InChI is InChI=1S/C76H55BN4SSe/c1-76(2,3)51-41-44-65(61(45-51)50-25-9-4-10-26-50)81-66-46-56(78(52-27-11-5-12-28-52)53-29-13-6-14-30-53)42-43-62(66)77-73-68(81)47-57(80-63-38-22-19-35-58(63)59-36-20-23-39-64(59)80)48-70(73)83-71-49-67(72-60-37-21-24-40-69(60)82-75(72)74(71)77)79(54-31-15-7-16-32-54)55-33-17-8-18-34-55/h4-49H,1-3H3. The van der Waals surface area contributed by atoms with Crippen LogP contribution in [0.4, 0.5) is 51.2 Å². The Morgan fingerprint density at radius 3 is 1.55 bits per heavy atom. The van der Waals surface area contributed by atoms with Crippen LogP contribution >= 0.6 is 11.3 Å². The number of nitrogens with zero attached hydrogens (tertiary/aromatic N) is 4. The van der Waals surface area contributed by atoms with E-state index in [1.54, 1.807) is 0 Å². The van der Waals surface area contributed by atoms with Crippen molar-refractivity contribution in [1.29, 1.82) is 0 Å². The van der Waals surface area contributed by atoms with Gasteiger partial charge in [-0.15, -0.1) is 0 Å². The normalized spacial score (nSPS) is 12.7. The van der Waals surface area contributed by atoms with Gasteiger partial charge in [0.15, 0.2) is 0 Å². The van der Waals surface area contributed by atoms with Crippen molar-refractivity contribution in [3.05, 3.63) is 285 Å². The summed E-state index contributed by atoms with van der Waals surface area (Å²) in [6, 6.07) is 104. The number of aromatic nitrogens is 1. The van der Waals surface area contributed by atoms with E-state index >= 15 is 0 Å². The molecule has 0 aliphatic carbocycles. The summed E-state index contributed by atoms with van der Waals surface area (Å²) in [6.07, 6.45) is 0. The summed E-state index contributed by atoms with van der Waals surface area (Å²) in [6.45, 7) is 6.89. The van der Waals surface area contributed by atoms with Crippen molar-refractivity contribution in [3.8, 4) is 16.8 Å². The van der Waals surface area contributed by atoms with Crippen molar-refractivity contribution in [3.63, 3.8) is 0 Å². The Hall–Kier alpha value is -9.36. The summed E-state index contributed by atoms with van der Waals surface area (Å²) in [5, 5.41) is 5.08. The van der Waals surface area contributed by atoms with E-state index in [0.717, 1.165) is 45.5 Å². The fourth-order valence-corrected chi connectivity index (χ4v) is 17.3. The molecule has 7 heteroatoms. The molecule has 0 fully saturated rings. The first-order valence-electron chi connectivity index (χ1n) is 28.6. The molecule has 0 bridgehead atoms. The van der Waals surface area contributed by atoms with E-state index < -0.39 is 0 Å². The van der Waals surface area contributed by atoms with Gasteiger partial charge >= 0.3 is 498 Å². The number of benzene rings is 12. The fourth-order valence-electron chi connectivity index (χ4n) is 13.2. The van der Waals surface area contributed by atoms with E-state index in [2.05, 4.69) is 319 Å². The van der Waals surface area contributed by atoms with Crippen molar-refractivity contribution >= 4 is 151 Å². The number of hydrogen-bond donors (Lipinski definition) is 0. The fraction of sp³-hybridized carbons (Fsp3) is 0.0526. The predicted molar refractivity (Wildman–Crippen MR) is 358 cm³/mol. The summed E-state index contributed by atoms with van der Waals surface area (Å²) in [5.41, 5.74) is 21.5. The van der Waals surface area contributed by atoms with Gasteiger partial charge in [-0.25, -0.2) is 0 Å². The van der Waals surface area contributed by atoms with Crippen LogP contribution in [0.1, 0.15) is 26.3 Å². The molecule has 2 aliphatic heterocycles. The minimum absolute atomic E-state index is 0.0844. The monoisotopic (exact) mass is 1150 g/mol. The van der Waals surface area contributed by atoms with E-state index in [0.29, 0.717) is 0 Å². The first-order chi connectivity index (χ1) is 40.8. The topological polar surface area (TPSA) is 14.7 Å². The third-order valence-corrected chi connectivity index (χ3v) is 20.5. The average molecular weight is 1150 g/mol. The molecule has 0 spiro atoms. The Kier molecular flexibility index (Phi) is 11.7. The molecular weight excluding hydrogens is 1090 g/mol. The zero-order valence-electron chi connectivity index (χ0n) is 46.2. The van der Waals surface area contributed by atoms with Gasteiger partial charge in [-0.2, -0.15) is 0 Å². The molecule has 0 radical (unpaired) electrons. The molecule has 0 N–H and O–H groups in total. The van der Waals surface area contributed by atoms with Crippen molar-refractivity contribution < 1.29 is 0 Å². The van der Waals surface area contributed by atoms with Crippen LogP contribution < -0.4 is 40.0 Å². The molecule has 0 amide bonds. The van der Waals surface area contributed by atoms with Crippen LogP contribution in [-0.4, -0.2) is 26.2 Å². The van der Waals surface area contributed by atoms with Gasteiger partial charge in [-0.1, -0.05) is 0 Å². The number of fused-ring (bicyclic) bond motifs is 11. The van der Waals surface area contributed by atoms with Crippen LogP contribution in [0.3, 0.4) is 0 Å². The third kappa shape index (κ3) is 8.09. The summed E-state index contributed by atoms with van der Waals surface area (Å²) in [4.78, 5) is 7.59. The van der Waals surface area contributed by atoms with Gasteiger partial charge in [0.1, 0.15) is 0 Å². The van der Waals surface area contributed by atoms with Gasteiger partial charge in [0.2, 0.25) is 0 Å². The van der Waals surface area contributed by atoms with Crippen LogP contribution in [0, 0.1) is 0 Å². The molecule has 12 aromatic carbocycles. The van der Waals surface area contributed by atoms with Gasteiger partial charge in [0.05, 0.1) is 0 Å². The summed E-state index contributed by atoms with van der Waals surface area (Å²) in [7, 11) is 0. The van der Waals surface area contributed by atoms with E-state index in [4.69, 9.17) is 0 Å². The van der Waals surface area contributed by atoms with E-state index in [-0.39, 0.29) is 27.1 Å². The molecule has 2 aromatic heterocycles. The molecule has 0 saturated heterocycles. The molecule has 0 unspecified atom stereocenters. The molecule has 4 nitrogen and oxygen atoms in total. The molecule has 394 valence electrons. The number of para-hydroxylation sites is 6. The number of anilines is 9. The van der Waals surface area contributed by atoms with E-state index in [1.165, 1.54) is 95.4 Å². The van der Waals surface area contributed by atoms with Crippen molar-refractivity contribution in [2.24, 2.45) is 0 Å². The van der Waals surface area contributed by atoms with Crippen LogP contribution in [0.2, 0.25) is 0 Å². The molecule has 0 atom stereocenters. The summed E-state index contributed by atoms with van der Waals surface area (Å²) < 4.78 is 7.98. The van der Waals surface area contributed by atoms with Gasteiger partial charge in [0.25, 0.3) is 0 Å². The van der Waals surface area contributed by atoms with Crippen LogP contribution in [0.5, 0.6) is 0 Å². The summed E-state index contributed by atoms with van der Waals surface area (Å²) in [5.74, 6) is 0. The Morgan fingerprint density at radius 1 is 0.422 bits per heavy atom. The maximum atomic E-state index is 2.67. The van der Waals surface area contributed by atoms with Gasteiger partial charge in [-0.3, -0.25) is 0 Å². The first-order valence-corrected chi connectivity index (χ1v) is 31.1. The molecule has 2 aliphatic rings. The Bertz CT molecular complexity index is 4690. The average Bonchev–Trinajstić information content (AvgIpc) is 1.98. The molecule has 16 rings (SSSR count). The minimum atomic E-state index is -0.137. The second kappa shape index (κ2) is 19.7. The second-order valence-electron chi connectivity index (χ2n) is 22.8. The number of hydrogen-bond acceptors (Lipinski definition) is 4. The zero-order chi connectivity index (χ0) is 55.3. The Labute approximate surface area is 495 Å².